The number of hydrogen-bond acceptors (Lipinski definition) is 7. The zero-order valence-corrected chi connectivity index (χ0v) is 25.6. The molecule has 0 bridgehead atoms. The third kappa shape index (κ3) is 8.70. The van der Waals surface area contributed by atoms with Crippen LogP contribution in [0.1, 0.15) is 40.0 Å². The standard InChI is InChI=1S/C34H38N2O7S/c1-44(39,40)43-19-18-30-29-14-8-9-15-31(29)35-32(30)17-16-26-20-27(24-41-33(37)28-12-6-3-7-13-28)22-36(21-26)34(38)42-23-25-10-4-2-5-11-25/h2-15,26-27,35H,16-24H2,1H3/t26-,27+/m0/s1. The molecule has 0 saturated carbocycles. The second kappa shape index (κ2) is 14.5. The maximum Gasteiger partial charge on any atom is 0.410 e. The first-order valence-corrected chi connectivity index (χ1v) is 16.7. The number of ether oxygens (including phenoxy) is 2. The van der Waals surface area contributed by atoms with E-state index in [2.05, 4.69) is 4.98 Å². The monoisotopic (exact) mass is 618 g/mol. The number of piperidine rings is 1. The molecule has 10 heteroatoms. The van der Waals surface area contributed by atoms with Crippen molar-refractivity contribution in [3.8, 4) is 0 Å². The number of nitrogens with zero attached hydrogens (tertiary/aromatic N) is 1. The molecule has 2 atom stereocenters. The van der Waals surface area contributed by atoms with Crippen LogP contribution in [0.25, 0.3) is 10.9 Å². The Labute approximate surface area is 258 Å². The third-order valence-corrected chi connectivity index (χ3v) is 8.50. The SMILES string of the molecule is CS(=O)(=O)OCCc1c(CC[C@H]2C[C@@H](COC(=O)c3ccccc3)CN(C(=O)OCc3ccccc3)C2)[nH]c2ccccc12. The van der Waals surface area contributed by atoms with Crippen molar-refractivity contribution in [2.24, 2.45) is 11.8 Å². The van der Waals surface area contributed by atoms with E-state index in [0.717, 1.165) is 46.8 Å². The Kier molecular flexibility index (Phi) is 10.3. The summed E-state index contributed by atoms with van der Waals surface area (Å²) >= 11 is 0. The van der Waals surface area contributed by atoms with Crippen molar-refractivity contribution < 1.29 is 31.7 Å². The average molecular weight is 619 g/mol. The number of benzene rings is 3. The number of esters is 1. The van der Waals surface area contributed by atoms with Crippen LogP contribution in [0.4, 0.5) is 4.79 Å². The number of aryl methyl sites for hydroxylation is 1. The normalized spacial score (nSPS) is 17.0. The van der Waals surface area contributed by atoms with Gasteiger partial charge in [-0.15, -0.1) is 0 Å². The summed E-state index contributed by atoms with van der Waals surface area (Å²) in [4.78, 5) is 31.1. The molecule has 0 radical (unpaired) electrons. The maximum absolute atomic E-state index is 13.2. The van der Waals surface area contributed by atoms with Gasteiger partial charge in [-0.25, -0.2) is 9.59 Å². The number of fused-ring (bicyclic) bond motifs is 1. The molecule has 0 unspecified atom stereocenters. The molecular weight excluding hydrogens is 580 g/mol. The van der Waals surface area contributed by atoms with Crippen LogP contribution in [-0.2, 0) is 43.2 Å². The second-order valence-electron chi connectivity index (χ2n) is 11.3. The Morgan fingerprint density at radius 3 is 2.30 bits per heavy atom. The Balaban J connectivity index is 1.27. The van der Waals surface area contributed by atoms with E-state index in [9.17, 15) is 18.0 Å². The molecule has 1 fully saturated rings. The summed E-state index contributed by atoms with van der Waals surface area (Å²) in [5.41, 5.74) is 4.45. The Morgan fingerprint density at radius 1 is 0.864 bits per heavy atom. The highest BCUT2D eigenvalue weighted by Crippen LogP contribution is 2.30. The smallest absolute Gasteiger partial charge is 0.410 e. The quantitative estimate of drug-likeness (QED) is 0.159. The van der Waals surface area contributed by atoms with Crippen LogP contribution in [-0.4, -0.2) is 62.9 Å². The van der Waals surface area contributed by atoms with Gasteiger partial charge in [0.2, 0.25) is 0 Å². The van der Waals surface area contributed by atoms with Crippen molar-refractivity contribution in [3.63, 3.8) is 0 Å². The van der Waals surface area contributed by atoms with Gasteiger partial charge < -0.3 is 19.4 Å². The summed E-state index contributed by atoms with van der Waals surface area (Å²) in [6.07, 6.45) is 3.39. The lowest BCUT2D eigenvalue weighted by Crippen LogP contribution is -2.45. The minimum atomic E-state index is -3.54. The van der Waals surface area contributed by atoms with Crippen LogP contribution in [0, 0.1) is 11.8 Å². The number of aromatic amines is 1. The summed E-state index contributed by atoms with van der Waals surface area (Å²) < 4.78 is 39.5. The van der Waals surface area contributed by atoms with Gasteiger partial charge in [0.25, 0.3) is 10.1 Å². The van der Waals surface area contributed by atoms with Crippen LogP contribution in [0.2, 0.25) is 0 Å². The summed E-state index contributed by atoms with van der Waals surface area (Å²) in [5, 5.41) is 1.04. The molecule has 1 amide bonds. The molecule has 0 aliphatic carbocycles. The number of likely N-dealkylation sites (tertiary alicyclic amines) is 1. The molecule has 1 aliphatic heterocycles. The lowest BCUT2D eigenvalue weighted by Gasteiger charge is -2.37. The Hall–Kier alpha value is -4.15. The molecule has 1 N–H and O–H groups in total. The van der Waals surface area contributed by atoms with Crippen molar-refractivity contribution in [1.29, 1.82) is 0 Å². The Bertz CT molecular complexity index is 1650. The van der Waals surface area contributed by atoms with Gasteiger partial charge in [0.1, 0.15) is 6.61 Å². The topological polar surface area (TPSA) is 115 Å². The van der Waals surface area contributed by atoms with Gasteiger partial charge in [0.05, 0.1) is 25.0 Å². The van der Waals surface area contributed by atoms with E-state index in [1.165, 1.54) is 0 Å². The van der Waals surface area contributed by atoms with E-state index in [-0.39, 0.29) is 43.7 Å². The molecule has 0 spiro atoms. The van der Waals surface area contributed by atoms with Crippen molar-refractivity contribution in [2.45, 2.75) is 32.3 Å². The fraction of sp³-hybridized carbons (Fsp3) is 0.353. The van der Waals surface area contributed by atoms with E-state index < -0.39 is 10.1 Å². The average Bonchev–Trinajstić information content (AvgIpc) is 3.39. The van der Waals surface area contributed by atoms with Gasteiger partial charge >= 0.3 is 12.1 Å². The first kappa shape index (κ1) is 31.3. The van der Waals surface area contributed by atoms with Gasteiger partial charge in [0.15, 0.2) is 0 Å². The highest BCUT2D eigenvalue weighted by atomic mass is 32.2. The summed E-state index contributed by atoms with van der Waals surface area (Å²) in [6, 6.07) is 26.4. The van der Waals surface area contributed by atoms with Crippen LogP contribution < -0.4 is 0 Å². The summed E-state index contributed by atoms with van der Waals surface area (Å²) in [7, 11) is -3.54. The molecule has 232 valence electrons. The second-order valence-corrected chi connectivity index (χ2v) is 13.0. The number of hydrogen-bond donors (Lipinski definition) is 1. The number of H-pyrrole nitrogens is 1. The largest absolute Gasteiger partial charge is 0.462 e. The van der Waals surface area contributed by atoms with Gasteiger partial charge in [-0.1, -0.05) is 66.7 Å². The lowest BCUT2D eigenvalue weighted by molar-refractivity contribution is 0.0242. The number of aromatic nitrogens is 1. The maximum atomic E-state index is 13.2. The Morgan fingerprint density at radius 2 is 1.55 bits per heavy atom. The molecule has 5 rings (SSSR count). The predicted octanol–water partition coefficient (Wildman–Crippen LogP) is 5.75. The molecule has 1 aromatic heterocycles. The molecule has 4 aromatic rings. The number of rotatable bonds is 12. The van der Waals surface area contributed by atoms with Crippen molar-refractivity contribution in [3.05, 3.63) is 107 Å². The molecule has 9 nitrogen and oxygen atoms in total. The van der Waals surface area contributed by atoms with Crippen molar-refractivity contribution in [2.75, 3.05) is 32.6 Å². The van der Waals surface area contributed by atoms with E-state index >= 15 is 0 Å². The van der Waals surface area contributed by atoms with Crippen molar-refractivity contribution in [1.82, 2.24) is 9.88 Å². The number of carbonyl (C=O) groups excluding carboxylic acids is 2. The number of amides is 1. The highest BCUT2D eigenvalue weighted by molar-refractivity contribution is 7.85. The molecule has 44 heavy (non-hydrogen) atoms. The first-order valence-electron chi connectivity index (χ1n) is 14.9. The van der Waals surface area contributed by atoms with Crippen LogP contribution in [0.3, 0.4) is 0 Å². The van der Waals surface area contributed by atoms with E-state index in [1.54, 1.807) is 29.2 Å². The number of nitrogens with one attached hydrogen (secondary N) is 1. The van der Waals surface area contributed by atoms with Gasteiger partial charge in [0, 0.05) is 35.6 Å². The van der Waals surface area contributed by atoms with Gasteiger partial charge in [-0.05, 0) is 60.9 Å². The van der Waals surface area contributed by atoms with Gasteiger partial charge in [-0.3, -0.25) is 4.18 Å². The molecule has 1 saturated heterocycles. The van der Waals surface area contributed by atoms with Gasteiger partial charge in [-0.2, -0.15) is 8.42 Å². The molecular formula is C34H38N2O7S. The highest BCUT2D eigenvalue weighted by Gasteiger charge is 2.32. The zero-order chi connectivity index (χ0) is 30.9. The molecule has 2 heterocycles. The lowest BCUT2D eigenvalue weighted by atomic mass is 9.86. The van der Waals surface area contributed by atoms with E-state index in [1.807, 2.05) is 60.7 Å². The zero-order valence-electron chi connectivity index (χ0n) is 24.8. The van der Waals surface area contributed by atoms with E-state index in [4.69, 9.17) is 13.7 Å². The predicted molar refractivity (Wildman–Crippen MR) is 168 cm³/mol. The van der Waals surface area contributed by atoms with E-state index in [0.29, 0.717) is 31.5 Å². The summed E-state index contributed by atoms with van der Waals surface area (Å²) in [5.74, 6) is -0.291. The van der Waals surface area contributed by atoms with Crippen LogP contribution in [0.5, 0.6) is 0 Å². The van der Waals surface area contributed by atoms with Crippen LogP contribution >= 0.6 is 0 Å². The minimum absolute atomic E-state index is 0.0453. The molecule has 1 aliphatic rings. The molecule has 3 aromatic carbocycles. The minimum Gasteiger partial charge on any atom is -0.462 e. The van der Waals surface area contributed by atoms with Crippen molar-refractivity contribution >= 4 is 33.1 Å². The van der Waals surface area contributed by atoms with Crippen LogP contribution in [0.15, 0.2) is 84.9 Å². The fourth-order valence-corrected chi connectivity index (χ4v) is 6.24. The number of carbonyl (C=O) groups is 2. The first-order chi connectivity index (χ1) is 21.2. The summed E-state index contributed by atoms with van der Waals surface area (Å²) in [6.45, 7) is 1.42. The number of para-hydroxylation sites is 1. The fourth-order valence-electron chi connectivity index (χ4n) is 5.86. The third-order valence-electron chi connectivity index (χ3n) is 7.90.